The van der Waals surface area contributed by atoms with Crippen LogP contribution in [-0.4, -0.2) is 37.0 Å². The molecule has 29 heavy (non-hydrogen) atoms. The van der Waals surface area contributed by atoms with Gasteiger partial charge in [0.05, 0.1) is 6.04 Å². The molecule has 7 nitrogen and oxygen atoms in total. The smallest absolute Gasteiger partial charge is 0.322 e. The normalized spacial score (nSPS) is 16.6. The van der Waals surface area contributed by atoms with Crippen LogP contribution in [0.3, 0.4) is 0 Å². The second-order valence-corrected chi connectivity index (χ2v) is 7.31. The summed E-state index contributed by atoms with van der Waals surface area (Å²) >= 11 is 0. The van der Waals surface area contributed by atoms with Gasteiger partial charge in [0.2, 0.25) is 0 Å². The number of hydrogen-bond acceptors (Lipinski definition) is 4. The van der Waals surface area contributed by atoms with Gasteiger partial charge in [-0.15, -0.1) is 0 Å². The Balaban J connectivity index is 1.49. The topological polar surface area (TPSA) is 75.9 Å². The van der Waals surface area contributed by atoms with E-state index in [9.17, 15) is 4.79 Å². The van der Waals surface area contributed by atoms with E-state index < -0.39 is 0 Å². The Morgan fingerprint density at radius 2 is 1.97 bits per heavy atom. The summed E-state index contributed by atoms with van der Waals surface area (Å²) in [7, 11) is 0. The lowest BCUT2D eigenvalue weighted by Crippen LogP contribution is -2.42. The number of piperidine rings is 1. The van der Waals surface area contributed by atoms with Crippen LogP contribution in [0.2, 0.25) is 0 Å². The zero-order valence-electron chi connectivity index (χ0n) is 16.9. The average Bonchev–Trinajstić information content (AvgIpc) is 3.23. The monoisotopic (exact) mass is 390 g/mol. The number of amides is 2. The fourth-order valence-electron chi connectivity index (χ4n) is 3.81. The van der Waals surface area contributed by atoms with E-state index in [1.165, 1.54) is 0 Å². The van der Waals surface area contributed by atoms with Crippen LogP contribution in [0.15, 0.2) is 48.9 Å². The van der Waals surface area contributed by atoms with Gasteiger partial charge in [-0.2, -0.15) is 0 Å². The first-order chi connectivity index (χ1) is 14.2. The Morgan fingerprint density at radius 3 is 2.72 bits per heavy atom. The Kier molecular flexibility index (Phi) is 5.55. The molecule has 1 N–H and O–H groups in total. The maximum absolute atomic E-state index is 13.0. The lowest BCUT2D eigenvalue weighted by atomic mass is 10.0. The summed E-state index contributed by atoms with van der Waals surface area (Å²) in [5, 5.41) is 3.04. The number of carbonyl (C=O) groups excluding carboxylic acids is 1. The number of aryl methyl sites for hydroxylation is 2. The fraction of sp³-hybridized carbons (Fsp3) is 0.364. The van der Waals surface area contributed by atoms with Gasteiger partial charge in [-0.1, -0.05) is 0 Å². The molecule has 0 saturated carbocycles. The van der Waals surface area contributed by atoms with Crippen molar-refractivity contribution in [3.8, 4) is 11.4 Å². The van der Waals surface area contributed by atoms with E-state index in [0.29, 0.717) is 5.82 Å². The van der Waals surface area contributed by atoms with Crippen LogP contribution in [0.25, 0.3) is 11.4 Å². The van der Waals surface area contributed by atoms with E-state index in [1.807, 2.05) is 54.5 Å². The van der Waals surface area contributed by atoms with Gasteiger partial charge < -0.3 is 14.8 Å². The molecule has 0 bridgehead atoms. The molecule has 0 aliphatic carbocycles. The zero-order chi connectivity index (χ0) is 20.2. The molecule has 1 saturated heterocycles. The van der Waals surface area contributed by atoms with Crippen LogP contribution in [0, 0.1) is 6.92 Å². The predicted octanol–water partition coefficient (Wildman–Crippen LogP) is 4.43. The van der Waals surface area contributed by atoms with Crippen molar-refractivity contribution in [2.75, 3.05) is 11.9 Å². The van der Waals surface area contributed by atoms with Gasteiger partial charge in [-0.05, 0) is 63.4 Å². The minimum atomic E-state index is -0.0834. The number of nitrogens with one attached hydrogen (secondary N) is 1. The van der Waals surface area contributed by atoms with E-state index in [1.54, 1.807) is 6.20 Å². The zero-order valence-corrected chi connectivity index (χ0v) is 16.9. The number of imidazole rings is 1. The van der Waals surface area contributed by atoms with E-state index in [4.69, 9.17) is 0 Å². The molecular formula is C22H26N6O. The third-order valence-electron chi connectivity index (χ3n) is 5.34. The van der Waals surface area contributed by atoms with Gasteiger partial charge >= 0.3 is 6.03 Å². The molecule has 7 heteroatoms. The Labute approximate surface area is 170 Å². The van der Waals surface area contributed by atoms with Crippen molar-refractivity contribution < 1.29 is 4.79 Å². The summed E-state index contributed by atoms with van der Waals surface area (Å²) in [6.07, 6.45) is 8.61. The summed E-state index contributed by atoms with van der Waals surface area (Å²) in [4.78, 5) is 28.2. The number of likely N-dealkylation sites (tertiary alicyclic amines) is 1. The van der Waals surface area contributed by atoms with Crippen molar-refractivity contribution in [3.05, 3.63) is 60.4 Å². The molecule has 0 radical (unpaired) electrons. The molecule has 0 spiro atoms. The molecule has 1 atom stereocenters. The van der Waals surface area contributed by atoms with E-state index in [2.05, 4.69) is 31.8 Å². The van der Waals surface area contributed by atoms with Gasteiger partial charge in [-0.3, -0.25) is 0 Å². The highest BCUT2D eigenvalue weighted by Gasteiger charge is 2.30. The minimum Gasteiger partial charge on any atom is -0.333 e. The molecule has 1 aliphatic rings. The van der Waals surface area contributed by atoms with Gasteiger partial charge in [-0.25, -0.2) is 19.7 Å². The van der Waals surface area contributed by atoms with Crippen LogP contribution in [0.4, 0.5) is 10.5 Å². The van der Waals surface area contributed by atoms with Crippen molar-refractivity contribution in [3.63, 3.8) is 0 Å². The molecule has 1 unspecified atom stereocenters. The van der Waals surface area contributed by atoms with Crippen molar-refractivity contribution in [1.82, 2.24) is 24.4 Å². The molecule has 2 amide bonds. The molecule has 1 fully saturated rings. The number of urea groups is 1. The average molecular weight is 390 g/mol. The Hall–Kier alpha value is -3.22. The maximum atomic E-state index is 13.0. The molecule has 150 valence electrons. The second-order valence-electron chi connectivity index (χ2n) is 7.31. The summed E-state index contributed by atoms with van der Waals surface area (Å²) in [5.41, 5.74) is 2.61. The molecular weight excluding hydrogens is 364 g/mol. The van der Waals surface area contributed by atoms with E-state index in [-0.39, 0.29) is 12.1 Å². The number of benzene rings is 1. The predicted molar refractivity (Wildman–Crippen MR) is 112 cm³/mol. The van der Waals surface area contributed by atoms with Gasteiger partial charge in [0.25, 0.3) is 0 Å². The van der Waals surface area contributed by atoms with Gasteiger partial charge in [0, 0.05) is 48.6 Å². The quantitative estimate of drug-likeness (QED) is 0.715. The number of carbonyl (C=O) groups is 1. The van der Waals surface area contributed by atoms with Crippen LogP contribution < -0.4 is 5.32 Å². The van der Waals surface area contributed by atoms with Crippen molar-refractivity contribution >= 4 is 11.7 Å². The molecule has 1 aromatic carbocycles. The van der Waals surface area contributed by atoms with Crippen LogP contribution >= 0.6 is 0 Å². The van der Waals surface area contributed by atoms with Crippen molar-refractivity contribution in [1.29, 1.82) is 0 Å². The highest BCUT2D eigenvalue weighted by atomic mass is 16.2. The van der Waals surface area contributed by atoms with Crippen molar-refractivity contribution in [2.24, 2.45) is 0 Å². The SMILES string of the molecule is CCn1ccnc1C1CCCCN1C(=O)Nc1ccc(-c2nccc(C)n2)cc1. The number of aromatic nitrogens is 4. The van der Waals surface area contributed by atoms with Crippen molar-refractivity contribution in [2.45, 2.75) is 45.7 Å². The third-order valence-corrected chi connectivity index (χ3v) is 5.34. The highest BCUT2D eigenvalue weighted by molar-refractivity contribution is 5.90. The summed E-state index contributed by atoms with van der Waals surface area (Å²) in [5.74, 6) is 1.65. The van der Waals surface area contributed by atoms with E-state index in [0.717, 1.165) is 55.1 Å². The van der Waals surface area contributed by atoms with Crippen LogP contribution in [0.1, 0.15) is 43.7 Å². The van der Waals surface area contributed by atoms with Crippen LogP contribution in [0.5, 0.6) is 0 Å². The lowest BCUT2D eigenvalue weighted by molar-refractivity contribution is 0.157. The third kappa shape index (κ3) is 4.13. The van der Waals surface area contributed by atoms with Crippen LogP contribution in [-0.2, 0) is 6.54 Å². The number of anilines is 1. The molecule has 3 heterocycles. The first-order valence-electron chi connectivity index (χ1n) is 10.1. The fourth-order valence-corrected chi connectivity index (χ4v) is 3.81. The minimum absolute atomic E-state index is 0.0127. The summed E-state index contributed by atoms with van der Waals surface area (Å²) in [6.45, 7) is 5.63. The number of rotatable bonds is 4. The maximum Gasteiger partial charge on any atom is 0.322 e. The van der Waals surface area contributed by atoms with Gasteiger partial charge in [0.1, 0.15) is 5.82 Å². The Bertz CT molecular complexity index is 981. The molecule has 3 aromatic rings. The largest absolute Gasteiger partial charge is 0.333 e. The standard InChI is InChI=1S/C22H26N6O/c1-3-27-15-13-24-21(27)19-6-4-5-14-28(19)22(29)26-18-9-7-17(8-10-18)20-23-12-11-16(2)25-20/h7-13,15,19H,3-6,14H2,1-2H3,(H,26,29). The molecule has 4 rings (SSSR count). The first-order valence-corrected chi connectivity index (χ1v) is 10.1. The van der Waals surface area contributed by atoms with Gasteiger partial charge in [0.15, 0.2) is 5.82 Å². The summed E-state index contributed by atoms with van der Waals surface area (Å²) < 4.78 is 2.12. The first kappa shape index (κ1) is 19.1. The summed E-state index contributed by atoms with van der Waals surface area (Å²) in [6, 6.07) is 9.45. The Morgan fingerprint density at radius 1 is 1.14 bits per heavy atom. The molecule has 1 aliphatic heterocycles. The number of nitrogens with zero attached hydrogens (tertiary/aromatic N) is 5. The van der Waals surface area contributed by atoms with E-state index >= 15 is 0 Å². The second kappa shape index (κ2) is 8.43. The molecule has 2 aromatic heterocycles. The number of hydrogen-bond donors (Lipinski definition) is 1. The lowest BCUT2D eigenvalue weighted by Gasteiger charge is -2.35. The highest BCUT2D eigenvalue weighted by Crippen LogP contribution is 2.30.